The highest BCUT2D eigenvalue weighted by Gasteiger charge is 2.32. The lowest BCUT2D eigenvalue weighted by atomic mass is 9.72. The van der Waals surface area contributed by atoms with Crippen molar-refractivity contribution in [3.8, 4) is 5.75 Å². The number of methoxy groups -OCH3 is 1. The number of aliphatic hydroxyl groups excluding tert-OH is 1. The van der Waals surface area contributed by atoms with Crippen molar-refractivity contribution in [1.29, 1.82) is 0 Å². The molecule has 0 spiro atoms. The summed E-state index contributed by atoms with van der Waals surface area (Å²) in [5, 5.41) is 11.0. The van der Waals surface area contributed by atoms with Crippen molar-refractivity contribution in [2.75, 3.05) is 7.11 Å². The lowest BCUT2D eigenvalue weighted by Gasteiger charge is -2.35. The molecule has 120 valence electrons. The third-order valence-electron chi connectivity index (χ3n) is 4.61. The van der Waals surface area contributed by atoms with Gasteiger partial charge in [0.1, 0.15) is 11.9 Å². The quantitative estimate of drug-likeness (QED) is 0.832. The van der Waals surface area contributed by atoms with Crippen LogP contribution in [0.1, 0.15) is 64.2 Å². The number of benzene rings is 1. The lowest BCUT2D eigenvalue weighted by Crippen LogP contribution is -2.23. The smallest absolute Gasteiger partial charge is 0.122 e. The zero-order valence-corrected chi connectivity index (χ0v) is 14.6. The summed E-state index contributed by atoms with van der Waals surface area (Å²) >= 11 is 0. The summed E-state index contributed by atoms with van der Waals surface area (Å²) in [7, 11) is 1.69. The molecule has 0 radical (unpaired) electrons. The van der Waals surface area contributed by atoms with Crippen LogP contribution in [0.3, 0.4) is 0 Å². The highest BCUT2D eigenvalue weighted by Crippen LogP contribution is 2.44. The van der Waals surface area contributed by atoms with E-state index in [9.17, 15) is 5.11 Å². The Balaban J connectivity index is 2.47. The molecule has 0 aromatic heterocycles. The van der Waals surface area contributed by atoms with Gasteiger partial charge in [-0.05, 0) is 59.1 Å². The molecular weight excluding hydrogens is 272 g/mol. The average Bonchev–Trinajstić information content (AvgIpc) is 2.45. The molecule has 0 fully saturated rings. The average molecular weight is 300 g/mol. The van der Waals surface area contributed by atoms with Gasteiger partial charge in [-0.15, -0.1) is 0 Å². The predicted molar refractivity (Wildman–Crippen MR) is 92.3 cm³/mol. The molecule has 2 nitrogen and oxygen atoms in total. The topological polar surface area (TPSA) is 29.5 Å². The maximum Gasteiger partial charge on any atom is 0.122 e. The SMILES string of the molecule is COc1ccc(C(O)C2=C(C)C=CCC2(C)C)cc1C(C)C. The first-order chi connectivity index (χ1) is 10.3. The van der Waals surface area contributed by atoms with Gasteiger partial charge in [0.15, 0.2) is 0 Å². The summed E-state index contributed by atoms with van der Waals surface area (Å²) in [5.74, 6) is 1.25. The van der Waals surface area contributed by atoms with Gasteiger partial charge >= 0.3 is 0 Å². The minimum absolute atomic E-state index is 0.0177. The minimum Gasteiger partial charge on any atom is -0.496 e. The molecule has 0 bridgehead atoms. The van der Waals surface area contributed by atoms with Gasteiger partial charge in [-0.1, -0.05) is 45.9 Å². The van der Waals surface area contributed by atoms with Crippen LogP contribution in [-0.2, 0) is 0 Å². The monoisotopic (exact) mass is 300 g/mol. The summed E-state index contributed by atoms with van der Waals surface area (Å²) in [6, 6.07) is 6.03. The fourth-order valence-electron chi connectivity index (χ4n) is 3.39. The van der Waals surface area contributed by atoms with E-state index in [-0.39, 0.29) is 5.41 Å². The number of ether oxygens (including phenoxy) is 1. The Kier molecular flexibility index (Phi) is 4.81. The van der Waals surface area contributed by atoms with Crippen molar-refractivity contribution >= 4 is 0 Å². The third-order valence-corrected chi connectivity index (χ3v) is 4.61. The standard InChI is InChI=1S/C20H28O2/c1-13(2)16-12-15(9-10-17(16)22-6)19(21)18-14(3)8-7-11-20(18,4)5/h7-10,12-13,19,21H,11H2,1-6H3. The zero-order valence-electron chi connectivity index (χ0n) is 14.6. The summed E-state index contributed by atoms with van der Waals surface area (Å²) < 4.78 is 5.44. The molecule has 22 heavy (non-hydrogen) atoms. The first-order valence-corrected chi connectivity index (χ1v) is 8.01. The van der Waals surface area contributed by atoms with Crippen LogP contribution < -0.4 is 4.74 Å². The molecule has 0 heterocycles. The number of hydrogen-bond donors (Lipinski definition) is 1. The van der Waals surface area contributed by atoms with Gasteiger partial charge in [0, 0.05) is 0 Å². The predicted octanol–water partition coefficient (Wildman–Crippen LogP) is 5.15. The number of hydrogen-bond acceptors (Lipinski definition) is 2. The molecular formula is C20H28O2. The van der Waals surface area contributed by atoms with Crippen molar-refractivity contribution in [2.45, 2.75) is 53.1 Å². The normalized spacial score (nSPS) is 18.7. The van der Waals surface area contributed by atoms with Crippen LogP contribution in [0.2, 0.25) is 0 Å². The molecule has 0 saturated heterocycles. The Morgan fingerprint density at radius 1 is 1.23 bits per heavy atom. The number of allylic oxidation sites excluding steroid dienone is 3. The molecule has 1 aliphatic rings. The molecule has 1 aromatic carbocycles. The van der Waals surface area contributed by atoms with E-state index in [1.54, 1.807) is 7.11 Å². The largest absolute Gasteiger partial charge is 0.496 e. The van der Waals surface area contributed by atoms with E-state index in [1.807, 2.05) is 12.1 Å². The molecule has 1 aliphatic carbocycles. The van der Waals surface area contributed by atoms with Crippen LogP contribution in [0.15, 0.2) is 41.5 Å². The summed E-state index contributed by atoms with van der Waals surface area (Å²) in [6.45, 7) is 10.8. The summed E-state index contributed by atoms with van der Waals surface area (Å²) in [6.07, 6.45) is 4.71. The maximum atomic E-state index is 11.0. The van der Waals surface area contributed by atoms with Crippen molar-refractivity contribution in [3.05, 3.63) is 52.6 Å². The van der Waals surface area contributed by atoms with Crippen LogP contribution in [0.4, 0.5) is 0 Å². The Bertz CT molecular complexity index is 606. The van der Waals surface area contributed by atoms with Gasteiger partial charge in [-0.2, -0.15) is 0 Å². The van der Waals surface area contributed by atoms with Gasteiger partial charge in [-0.25, -0.2) is 0 Å². The van der Waals surface area contributed by atoms with E-state index >= 15 is 0 Å². The van der Waals surface area contributed by atoms with Crippen LogP contribution in [-0.4, -0.2) is 12.2 Å². The minimum atomic E-state index is -0.566. The Morgan fingerprint density at radius 3 is 2.45 bits per heavy atom. The van der Waals surface area contributed by atoms with E-state index in [2.05, 4.69) is 52.8 Å². The number of aliphatic hydroxyl groups is 1. The highest BCUT2D eigenvalue weighted by molar-refractivity contribution is 5.44. The van der Waals surface area contributed by atoms with Crippen LogP contribution >= 0.6 is 0 Å². The lowest BCUT2D eigenvalue weighted by molar-refractivity contribution is 0.181. The van der Waals surface area contributed by atoms with E-state index < -0.39 is 6.10 Å². The third kappa shape index (κ3) is 3.12. The highest BCUT2D eigenvalue weighted by atomic mass is 16.5. The first kappa shape index (κ1) is 16.8. The number of rotatable bonds is 4. The van der Waals surface area contributed by atoms with E-state index in [0.717, 1.165) is 28.9 Å². The van der Waals surface area contributed by atoms with Crippen molar-refractivity contribution in [1.82, 2.24) is 0 Å². The molecule has 1 atom stereocenters. The van der Waals surface area contributed by atoms with Crippen molar-refractivity contribution in [3.63, 3.8) is 0 Å². The fraction of sp³-hybridized carbons (Fsp3) is 0.500. The molecule has 2 heteroatoms. The van der Waals surface area contributed by atoms with Gasteiger partial charge in [0.2, 0.25) is 0 Å². The van der Waals surface area contributed by atoms with E-state index in [0.29, 0.717) is 5.92 Å². The molecule has 0 aliphatic heterocycles. The zero-order chi connectivity index (χ0) is 16.5. The van der Waals surface area contributed by atoms with Gasteiger partial charge in [0.25, 0.3) is 0 Å². The van der Waals surface area contributed by atoms with Gasteiger partial charge in [-0.3, -0.25) is 0 Å². The molecule has 0 amide bonds. The van der Waals surface area contributed by atoms with Crippen LogP contribution in [0.5, 0.6) is 5.75 Å². The van der Waals surface area contributed by atoms with Crippen LogP contribution in [0, 0.1) is 5.41 Å². The second-order valence-electron chi connectivity index (χ2n) is 7.15. The Morgan fingerprint density at radius 2 is 1.91 bits per heavy atom. The maximum absolute atomic E-state index is 11.0. The first-order valence-electron chi connectivity index (χ1n) is 8.01. The van der Waals surface area contributed by atoms with Gasteiger partial charge in [0.05, 0.1) is 7.11 Å². The van der Waals surface area contributed by atoms with Crippen molar-refractivity contribution in [2.24, 2.45) is 5.41 Å². The van der Waals surface area contributed by atoms with Crippen molar-refractivity contribution < 1.29 is 9.84 Å². The molecule has 1 unspecified atom stereocenters. The van der Waals surface area contributed by atoms with E-state index in [4.69, 9.17) is 4.74 Å². The van der Waals surface area contributed by atoms with E-state index in [1.165, 1.54) is 5.57 Å². The Hall–Kier alpha value is -1.54. The summed E-state index contributed by atoms with van der Waals surface area (Å²) in [4.78, 5) is 0. The summed E-state index contributed by atoms with van der Waals surface area (Å²) in [5.41, 5.74) is 4.36. The molecule has 2 rings (SSSR count). The van der Waals surface area contributed by atoms with Crippen LogP contribution in [0.25, 0.3) is 0 Å². The molecule has 1 N–H and O–H groups in total. The second-order valence-corrected chi connectivity index (χ2v) is 7.15. The second kappa shape index (κ2) is 6.29. The fourth-order valence-corrected chi connectivity index (χ4v) is 3.39. The molecule has 1 aromatic rings. The Labute approximate surface area is 134 Å². The molecule has 0 saturated carbocycles. The van der Waals surface area contributed by atoms with Gasteiger partial charge < -0.3 is 9.84 Å².